The monoisotopic (exact) mass is 167 g/mol. The Morgan fingerprint density at radius 2 is 2.33 bits per heavy atom. The Balaban J connectivity index is 4.28. The van der Waals surface area contributed by atoms with E-state index < -0.39 is 7.29 Å². The molecular weight excluding hydrogens is 160 g/mol. The molecule has 1 unspecified atom stereocenters. The number of isocyanates is 1. The first-order valence-corrected chi connectivity index (χ1v) is 4.98. The molecule has 0 aromatic heterocycles. The van der Waals surface area contributed by atoms with Crippen molar-refractivity contribution in [1.82, 2.24) is 0 Å². The van der Waals surface area contributed by atoms with Crippen LogP contribution in [0, 0.1) is 0 Å². The van der Waals surface area contributed by atoms with Crippen LogP contribution in [0.15, 0.2) is 4.76 Å². The van der Waals surface area contributed by atoms with Gasteiger partial charge in [-0.3, -0.25) is 4.57 Å². The average molecular weight is 168 g/mol. The third-order valence-corrected chi connectivity index (χ3v) is 3.83. The quantitative estimate of drug-likeness (QED) is 0.279. The highest BCUT2D eigenvalue weighted by Gasteiger charge is 2.15. The van der Waals surface area contributed by atoms with Crippen LogP contribution < -0.4 is 0 Å². The van der Waals surface area contributed by atoms with Crippen LogP contribution in [-0.4, -0.2) is 17.9 Å². The summed E-state index contributed by atoms with van der Waals surface area (Å²) in [6.07, 6.45) is 1.56. The molecule has 1 atom stereocenters. The molecule has 0 aliphatic carbocycles. The van der Waals surface area contributed by atoms with Crippen molar-refractivity contribution in [3.05, 3.63) is 0 Å². The largest absolute Gasteiger partial charge is 0.296 e. The summed E-state index contributed by atoms with van der Waals surface area (Å²) in [5.41, 5.74) is -0.0707. The van der Waals surface area contributed by atoms with Gasteiger partial charge in [-0.05, 0) is 0 Å². The summed E-state index contributed by atoms with van der Waals surface area (Å²) in [6, 6.07) is 0. The van der Waals surface area contributed by atoms with Gasteiger partial charge in [-0.25, -0.2) is 4.79 Å². The smallest absolute Gasteiger partial charge is 0.241 e. The van der Waals surface area contributed by atoms with E-state index in [1.807, 2.05) is 0 Å². The molecule has 0 aliphatic heterocycles. The van der Waals surface area contributed by atoms with Gasteiger partial charge >= 0.3 is 0 Å². The maximum Gasteiger partial charge on any atom is 0.241 e. The Morgan fingerprint density at radius 1 is 1.78 bits per heavy atom. The van der Waals surface area contributed by atoms with Crippen LogP contribution in [0.5, 0.6) is 0 Å². The second kappa shape index (κ2) is 3.84. The maximum atomic E-state index is 11.0. The minimum Gasteiger partial charge on any atom is -0.296 e. The molecule has 0 saturated carbocycles. The Labute approximate surface area is 58.5 Å². The first kappa shape index (κ1) is 8.90. The van der Waals surface area contributed by atoms with E-state index in [9.17, 15) is 9.36 Å². The van der Waals surface area contributed by atoms with E-state index in [0.29, 0.717) is 6.16 Å². The third kappa shape index (κ3) is 2.81. The molecule has 0 aromatic rings. The Kier molecular flexibility index (Phi) is 3.79. The van der Waals surface area contributed by atoms with E-state index in [1.54, 1.807) is 6.92 Å². The highest BCUT2D eigenvalue weighted by molar-refractivity contribution is 7.64. The van der Waals surface area contributed by atoms with E-state index in [1.165, 1.54) is 6.08 Å². The molecule has 5 heteroatoms. The molecule has 0 N–H and O–H groups in total. The second-order valence-electron chi connectivity index (χ2n) is 1.47. The Morgan fingerprint density at radius 3 is 2.44 bits per heavy atom. The summed E-state index contributed by atoms with van der Waals surface area (Å²) in [7, 11) is -2.71. The fourth-order valence-electron chi connectivity index (χ4n) is 0.256. The lowest BCUT2D eigenvalue weighted by molar-refractivity contribution is 0.562. The van der Waals surface area contributed by atoms with Crippen LogP contribution in [0.1, 0.15) is 6.92 Å². The van der Waals surface area contributed by atoms with Crippen molar-refractivity contribution in [3.8, 4) is 0 Å². The molecule has 3 nitrogen and oxygen atoms in total. The molecule has 0 saturated heterocycles. The van der Waals surface area contributed by atoms with E-state index in [2.05, 4.69) is 4.76 Å². The molecule has 9 heavy (non-hydrogen) atoms. The molecular formula is C4H7ClNO2P. The van der Waals surface area contributed by atoms with Crippen LogP contribution in [0.25, 0.3) is 0 Å². The molecule has 0 aliphatic rings. The predicted molar refractivity (Wildman–Crippen MR) is 37.0 cm³/mol. The molecule has 0 radical (unpaired) electrons. The normalized spacial score (nSPS) is 15.8. The molecule has 0 fully saturated rings. The summed E-state index contributed by atoms with van der Waals surface area (Å²) < 4.78 is 14.1. The third-order valence-electron chi connectivity index (χ3n) is 0.904. The molecule has 52 valence electrons. The Bertz CT molecular complexity index is 167. The maximum absolute atomic E-state index is 11.0. The predicted octanol–water partition coefficient (Wildman–Crippen LogP) is 1.82. The minimum absolute atomic E-state index is 0.0707. The summed E-state index contributed by atoms with van der Waals surface area (Å²) in [6.45, 7) is 1.67. The lowest BCUT2D eigenvalue weighted by atomic mass is 11.0. The van der Waals surface area contributed by atoms with Crippen LogP contribution in [0.2, 0.25) is 0 Å². The number of halogens is 1. The lowest BCUT2D eigenvalue weighted by Crippen LogP contribution is -1.81. The number of nitrogens with zero attached hydrogens (tertiary/aromatic N) is 1. The van der Waals surface area contributed by atoms with Crippen molar-refractivity contribution >= 4 is 25.0 Å². The highest BCUT2D eigenvalue weighted by Crippen LogP contribution is 2.46. The summed E-state index contributed by atoms with van der Waals surface area (Å²) in [5.74, 6) is 0. The van der Waals surface area contributed by atoms with Gasteiger partial charge in [-0.15, -0.1) is 16.4 Å². The van der Waals surface area contributed by atoms with Crippen molar-refractivity contribution in [3.63, 3.8) is 0 Å². The van der Waals surface area contributed by atoms with Gasteiger partial charge in [-0.1, -0.05) is 6.92 Å². The molecule has 0 amide bonds. The average Bonchev–Trinajstić information content (AvgIpc) is 1.89. The first-order valence-electron chi connectivity index (χ1n) is 2.42. The van der Waals surface area contributed by atoms with Crippen LogP contribution in [-0.2, 0) is 9.36 Å². The molecule has 0 spiro atoms. The summed E-state index contributed by atoms with van der Waals surface area (Å²) in [5, 5.41) is 0. The standard InChI is InChI=1S/C4H7ClNO2P/c1-2-9(8,3-5)6-4-7/h2-3H2,1H3. The van der Waals surface area contributed by atoms with E-state index in [4.69, 9.17) is 11.6 Å². The van der Waals surface area contributed by atoms with Gasteiger partial charge in [0.1, 0.15) is 0 Å². The van der Waals surface area contributed by atoms with Gasteiger partial charge in [0.15, 0.2) is 0 Å². The van der Waals surface area contributed by atoms with Gasteiger partial charge in [0.25, 0.3) is 0 Å². The molecule has 0 heterocycles. The fourth-order valence-corrected chi connectivity index (χ4v) is 1.44. The lowest BCUT2D eigenvalue weighted by Gasteiger charge is -2.00. The van der Waals surface area contributed by atoms with Crippen molar-refractivity contribution in [2.75, 3.05) is 11.8 Å². The fraction of sp³-hybridized carbons (Fsp3) is 0.750. The van der Waals surface area contributed by atoms with Crippen LogP contribution >= 0.6 is 18.9 Å². The zero-order valence-electron chi connectivity index (χ0n) is 5.00. The molecule has 0 aromatic carbocycles. The highest BCUT2D eigenvalue weighted by atomic mass is 35.5. The Hall–Kier alpha value is -0.100. The van der Waals surface area contributed by atoms with E-state index >= 15 is 0 Å². The molecule has 0 rings (SSSR count). The number of carbonyl (C=O) groups excluding carboxylic acids is 1. The number of hydrogen-bond acceptors (Lipinski definition) is 2. The van der Waals surface area contributed by atoms with Crippen LogP contribution in [0.3, 0.4) is 0 Å². The van der Waals surface area contributed by atoms with Crippen molar-refractivity contribution in [1.29, 1.82) is 0 Å². The van der Waals surface area contributed by atoms with Crippen molar-refractivity contribution in [2.45, 2.75) is 6.92 Å². The van der Waals surface area contributed by atoms with Crippen LogP contribution in [0.4, 0.5) is 0 Å². The van der Waals surface area contributed by atoms with E-state index in [-0.39, 0.29) is 5.62 Å². The van der Waals surface area contributed by atoms with Crippen molar-refractivity contribution < 1.29 is 9.36 Å². The summed E-state index contributed by atoms with van der Waals surface area (Å²) >= 11 is 5.25. The topological polar surface area (TPSA) is 46.5 Å². The van der Waals surface area contributed by atoms with Gasteiger partial charge in [0, 0.05) is 6.16 Å². The number of hydrogen-bond donors (Lipinski definition) is 0. The van der Waals surface area contributed by atoms with Gasteiger partial charge < -0.3 is 0 Å². The SMILES string of the molecule is CCP(=O)(CCl)N=C=O. The minimum atomic E-state index is -2.71. The van der Waals surface area contributed by atoms with Crippen molar-refractivity contribution in [2.24, 2.45) is 4.76 Å². The zero-order chi connectivity index (χ0) is 7.33. The summed E-state index contributed by atoms with van der Waals surface area (Å²) in [4.78, 5) is 9.62. The van der Waals surface area contributed by atoms with Gasteiger partial charge in [0.2, 0.25) is 13.4 Å². The van der Waals surface area contributed by atoms with Gasteiger partial charge in [-0.2, -0.15) is 0 Å². The first-order chi connectivity index (χ1) is 4.18. The zero-order valence-corrected chi connectivity index (χ0v) is 6.65. The number of alkyl halides is 1. The number of rotatable bonds is 3. The second-order valence-corrected chi connectivity index (χ2v) is 4.95. The van der Waals surface area contributed by atoms with E-state index in [0.717, 1.165) is 0 Å². The molecule has 0 bridgehead atoms. The van der Waals surface area contributed by atoms with Gasteiger partial charge in [0.05, 0.1) is 5.62 Å².